The molecule has 0 rings (SSSR count). The van der Waals surface area contributed by atoms with Gasteiger partial charge in [-0.05, 0) is 0 Å². The van der Waals surface area contributed by atoms with Crippen LogP contribution in [-0.2, 0) is 0 Å². The molecule has 0 N–H and O–H groups in total. The maximum atomic E-state index is 10.6. The van der Waals surface area contributed by atoms with Crippen LogP contribution in [0.2, 0.25) is 0 Å². The Morgan fingerprint density at radius 1 is 1.50 bits per heavy atom. The Bertz CT molecular complexity index is 53.1. The van der Waals surface area contributed by atoms with E-state index in [4.69, 9.17) is 0 Å². The highest BCUT2D eigenvalue weighted by Gasteiger charge is 1.82. The molecule has 0 nitrogen and oxygen atoms in total. The fourth-order valence-electron chi connectivity index (χ4n) is 0.0505. The zero-order valence-corrected chi connectivity index (χ0v) is 2.84. The van der Waals surface area contributed by atoms with E-state index in [1.165, 1.54) is 0 Å². The highest BCUT2D eigenvalue weighted by Crippen LogP contribution is 1.92. The third kappa shape index (κ3) is 3.53. The van der Waals surface area contributed by atoms with Crippen LogP contribution in [0.4, 0.5) is 13.2 Å². The average molecular weight is 95.0 g/mol. The Balaban J connectivity index is 3.14. The van der Waals surface area contributed by atoms with Gasteiger partial charge in [-0.3, -0.25) is 0 Å². The van der Waals surface area contributed by atoms with Crippen molar-refractivity contribution in [3.05, 3.63) is 12.2 Å². The molecule has 0 aliphatic heterocycles. The molecule has 0 aromatic rings. The lowest BCUT2D eigenvalue weighted by molar-refractivity contribution is 0.403. The molecule has 0 unspecified atom stereocenters. The Labute approximate surface area is 33.3 Å². The van der Waals surface area contributed by atoms with E-state index in [9.17, 15) is 13.2 Å². The van der Waals surface area contributed by atoms with E-state index in [0.29, 0.717) is 0 Å². The highest BCUT2D eigenvalue weighted by atomic mass is 19.3. The minimum atomic E-state index is -2.09. The first kappa shape index (κ1) is 5.53. The normalized spacial score (nSPS) is 7.83. The predicted octanol–water partition coefficient (Wildman–Crippen LogP) is 1.54. The molecular weight excluding hydrogens is 93.0 g/mol. The molecule has 6 heavy (non-hydrogen) atoms. The summed E-state index contributed by atoms with van der Waals surface area (Å²) in [5.74, 6) is 0. The first-order chi connectivity index (χ1) is 2.77. The van der Waals surface area contributed by atoms with Crippen molar-refractivity contribution >= 4 is 0 Å². The molecule has 0 saturated carbocycles. The standard InChI is InChI=1S/C3H2F3/c4-2-1-3(5)6/h2H2. The second kappa shape index (κ2) is 2.75. The first-order valence-corrected chi connectivity index (χ1v) is 1.25. The van der Waals surface area contributed by atoms with Gasteiger partial charge in [0.15, 0.2) is 0 Å². The Morgan fingerprint density at radius 2 is 2.00 bits per heavy atom. The monoisotopic (exact) mass is 95.0 g/mol. The van der Waals surface area contributed by atoms with Gasteiger partial charge in [-0.1, -0.05) is 0 Å². The quantitative estimate of drug-likeness (QED) is 0.463. The SMILES string of the molecule is FC[C]=C(F)F. The summed E-state index contributed by atoms with van der Waals surface area (Å²) in [5.41, 5.74) is 0. The van der Waals surface area contributed by atoms with Crippen molar-refractivity contribution in [2.45, 2.75) is 0 Å². The van der Waals surface area contributed by atoms with Crippen molar-refractivity contribution in [1.29, 1.82) is 0 Å². The summed E-state index contributed by atoms with van der Waals surface area (Å²) >= 11 is 0. The molecule has 0 bridgehead atoms. The first-order valence-electron chi connectivity index (χ1n) is 1.25. The van der Waals surface area contributed by atoms with Crippen molar-refractivity contribution < 1.29 is 13.2 Å². The van der Waals surface area contributed by atoms with Crippen LogP contribution in [0.3, 0.4) is 0 Å². The van der Waals surface area contributed by atoms with Gasteiger partial charge in [-0.2, -0.15) is 8.78 Å². The van der Waals surface area contributed by atoms with E-state index in [0.717, 1.165) is 6.08 Å². The Morgan fingerprint density at radius 3 is 2.00 bits per heavy atom. The molecule has 0 aliphatic carbocycles. The summed E-state index contributed by atoms with van der Waals surface area (Å²) in [6, 6.07) is 0. The smallest absolute Gasteiger partial charge is 0.246 e. The van der Waals surface area contributed by atoms with Crippen molar-refractivity contribution in [2.24, 2.45) is 0 Å². The third-order valence-electron chi connectivity index (χ3n) is 0.200. The van der Waals surface area contributed by atoms with Crippen LogP contribution in [0.1, 0.15) is 0 Å². The molecule has 0 amide bonds. The van der Waals surface area contributed by atoms with Crippen molar-refractivity contribution in [2.75, 3.05) is 6.67 Å². The lowest BCUT2D eigenvalue weighted by Gasteiger charge is -1.67. The van der Waals surface area contributed by atoms with Crippen LogP contribution in [0, 0.1) is 6.08 Å². The molecule has 0 aromatic heterocycles. The van der Waals surface area contributed by atoms with Crippen LogP contribution < -0.4 is 0 Å². The fourth-order valence-corrected chi connectivity index (χ4v) is 0.0505. The molecule has 3 heteroatoms. The summed E-state index contributed by atoms with van der Waals surface area (Å²) in [6.45, 7) is -1.21. The molecule has 0 fully saturated rings. The largest absolute Gasteiger partial charge is 0.276 e. The second-order valence-corrected chi connectivity index (χ2v) is 0.571. The topological polar surface area (TPSA) is 0 Å². The molecule has 0 aromatic carbocycles. The van der Waals surface area contributed by atoms with Gasteiger partial charge in [0.25, 0.3) is 6.08 Å². The van der Waals surface area contributed by atoms with E-state index in [1.807, 2.05) is 0 Å². The van der Waals surface area contributed by atoms with Crippen molar-refractivity contribution in [1.82, 2.24) is 0 Å². The molecular formula is C3H2F3. The van der Waals surface area contributed by atoms with E-state index in [-0.39, 0.29) is 0 Å². The number of hydrogen-bond acceptors (Lipinski definition) is 0. The minimum absolute atomic E-state index is 1.12. The molecule has 0 atom stereocenters. The number of halogens is 3. The van der Waals surface area contributed by atoms with Crippen molar-refractivity contribution in [3.8, 4) is 0 Å². The van der Waals surface area contributed by atoms with Crippen LogP contribution >= 0.6 is 0 Å². The van der Waals surface area contributed by atoms with Gasteiger partial charge < -0.3 is 0 Å². The van der Waals surface area contributed by atoms with Crippen LogP contribution in [0.5, 0.6) is 0 Å². The molecule has 0 aliphatic rings. The number of alkyl halides is 1. The minimum Gasteiger partial charge on any atom is -0.246 e. The van der Waals surface area contributed by atoms with Gasteiger partial charge >= 0.3 is 0 Å². The van der Waals surface area contributed by atoms with Crippen LogP contribution in [-0.4, -0.2) is 6.67 Å². The zero-order valence-electron chi connectivity index (χ0n) is 2.84. The average Bonchev–Trinajstić information content (AvgIpc) is 1.35. The lowest BCUT2D eigenvalue weighted by Crippen LogP contribution is -1.62. The predicted molar refractivity (Wildman–Crippen MR) is 14.9 cm³/mol. The van der Waals surface area contributed by atoms with E-state index < -0.39 is 12.8 Å². The third-order valence-corrected chi connectivity index (χ3v) is 0.200. The maximum absolute atomic E-state index is 10.6. The van der Waals surface area contributed by atoms with Crippen LogP contribution in [0.15, 0.2) is 6.08 Å². The van der Waals surface area contributed by atoms with E-state index in [1.54, 1.807) is 0 Å². The zero-order chi connectivity index (χ0) is 4.99. The highest BCUT2D eigenvalue weighted by molar-refractivity contribution is 4.68. The molecule has 0 spiro atoms. The van der Waals surface area contributed by atoms with Gasteiger partial charge in [-0.15, -0.1) is 0 Å². The second-order valence-electron chi connectivity index (χ2n) is 0.571. The van der Waals surface area contributed by atoms with Gasteiger partial charge in [0, 0.05) is 0 Å². The summed E-state index contributed by atoms with van der Waals surface area (Å²) in [5, 5.41) is 0. The fraction of sp³-hybridized carbons (Fsp3) is 0.333. The number of hydrogen-bond donors (Lipinski definition) is 0. The summed E-state index contributed by atoms with van der Waals surface area (Å²) in [7, 11) is 0. The molecule has 0 heterocycles. The number of rotatable bonds is 1. The van der Waals surface area contributed by atoms with Gasteiger partial charge in [0.2, 0.25) is 0 Å². The molecule has 0 saturated heterocycles. The van der Waals surface area contributed by atoms with E-state index >= 15 is 0 Å². The Kier molecular flexibility index (Phi) is 2.54. The summed E-state index contributed by atoms with van der Waals surface area (Å²) in [4.78, 5) is 0. The summed E-state index contributed by atoms with van der Waals surface area (Å²) < 4.78 is 31.8. The van der Waals surface area contributed by atoms with E-state index in [2.05, 4.69) is 0 Å². The molecule has 1 radical (unpaired) electrons. The Hall–Kier alpha value is -0.470. The van der Waals surface area contributed by atoms with Gasteiger partial charge in [0.05, 0.1) is 6.08 Å². The van der Waals surface area contributed by atoms with Crippen molar-refractivity contribution in [3.63, 3.8) is 0 Å². The molecule has 35 valence electrons. The summed E-state index contributed by atoms with van der Waals surface area (Å²) in [6.07, 6.45) is -0.961. The van der Waals surface area contributed by atoms with Crippen LogP contribution in [0.25, 0.3) is 0 Å². The maximum Gasteiger partial charge on any atom is 0.276 e. The number of allylic oxidation sites excluding steroid dienone is 1. The van der Waals surface area contributed by atoms with Gasteiger partial charge in [0.1, 0.15) is 6.67 Å². The van der Waals surface area contributed by atoms with Gasteiger partial charge in [-0.25, -0.2) is 4.39 Å². The lowest BCUT2D eigenvalue weighted by atomic mass is 10.7.